The summed E-state index contributed by atoms with van der Waals surface area (Å²) >= 11 is 1.49. The molecule has 0 aliphatic carbocycles. The minimum atomic E-state index is -0.295. The van der Waals surface area contributed by atoms with Gasteiger partial charge in [0.15, 0.2) is 0 Å². The predicted octanol–water partition coefficient (Wildman–Crippen LogP) is 1.36. The number of hydrogen-bond donors (Lipinski definition) is 2. The van der Waals surface area contributed by atoms with E-state index in [9.17, 15) is 9.59 Å². The number of hydrogen-bond acceptors (Lipinski definition) is 8. The Morgan fingerprint density at radius 1 is 1.31 bits per heavy atom. The molecule has 0 spiro atoms. The molecule has 0 aliphatic heterocycles. The van der Waals surface area contributed by atoms with Crippen molar-refractivity contribution in [2.24, 2.45) is 0 Å². The number of amides is 1. The van der Waals surface area contributed by atoms with Gasteiger partial charge >= 0.3 is 0 Å². The van der Waals surface area contributed by atoms with Crippen LogP contribution < -0.4 is 16.7 Å². The van der Waals surface area contributed by atoms with Gasteiger partial charge in [-0.15, -0.1) is 16.4 Å². The third-order valence-corrected chi connectivity index (χ3v) is 5.95. The summed E-state index contributed by atoms with van der Waals surface area (Å²) in [4.78, 5) is 39.5. The lowest BCUT2D eigenvalue weighted by Gasteiger charge is -2.11. The van der Waals surface area contributed by atoms with Crippen LogP contribution in [-0.4, -0.2) is 35.1 Å². The number of carbonyl (C=O) groups is 1. The molecule has 0 fully saturated rings. The maximum atomic E-state index is 12.6. The van der Waals surface area contributed by atoms with Gasteiger partial charge in [0.2, 0.25) is 11.9 Å². The fourth-order valence-electron chi connectivity index (χ4n) is 3.24. The fourth-order valence-corrected chi connectivity index (χ4v) is 4.17. The van der Waals surface area contributed by atoms with Crippen LogP contribution in [0.4, 0.5) is 5.95 Å². The Bertz CT molecular complexity index is 1300. The molecule has 4 heterocycles. The van der Waals surface area contributed by atoms with Crippen LogP contribution >= 0.6 is 11.3 Å². The van der Waals surface area contributed by atoms with Gasteiger partial charge in [0.25, 0.3) is 11.3 Å². The average Bonchev–Trinajstić information content (AvgIpc) is 3.27. The lowest BCUT2D eigenvalue weighted by atomic mass is 10.1. The smallest absolute Gasteiger partial charge is 0.280 e. The molecule has 0 saturated carbocycles. The van der Waals surface area contributed by atoms with Crippen molar-refractivity contribution in [1.29, 1.82) is 0 Å². The van der Waals surface area contributed by atoms with Crippen LogP contribution in [0, 0.1) is 13.8 Å². The molecule has 4 aromatic heterocycles. The molecule has 3 N–H and O–H groups in total. The van der Waals surface area contributed by atoms with Crippen LogP contribution in [0.5, 0.6) is 0 Å². The van der Waals surface area contributed by atoms with Crippen LogP contribution in [0.3, 0.4) is 0 Å². The van der Waals surface area contributed by atoms with Crippen molar-refractivity contribution in [2.45, 2.75) is 40.0 Å². The maximum Gasteiger partial charge on any atom is 0.280 e. The van der Waals surface area contributed by atoms with Gasteiger partial charge < -0.3 is 5.73 Å². The zero-order chi connectivity index (χ0) is 20.7. The molecule has 0 atom stereocenters. The van der Waals surface area contributed by atoms with Crippen LogP contribution in [0.25, 0.3) is 16.0 Å². The number of nitrogens with zero attached hydrogens (tertiary/aromatic N) is 6. The molecule has 4 rings (SSSR count). The van der Waals surface area contributed by atoms with E-state index in [1.807, 2.05) is 26.8 Å². The Morgan fingerprint density at radius 2 is 2.10 bits per heavy atom. The van der Waals surface area contributed by atoms with Crippen molar-refractivity contribution in [3.8, 4) is 0 Å². The van der Waals surface area contributed by atoms with Gasteiger partial charge in [-0.25, -0.2) is 14.6 Å². The molecule has 29 heavy (non-hydrogen) atoms. The van der Waals surface area contributed by atoms with Crippen molar-refractivity contribution < 1.29 is 4.79 Å². The SMILES string of the molecule is CCc1cc2c(=O)n(NC(=O)CCc3c(C)nc4nc(N)nn4c3C)cnc2s1. The summed E-state index contributed by atoms with van der Waals surface area (Å²) in [6.07, 6.45) is 2.80. The molecule has 11 heteroatoms. The summed E-state index contributed by atoms with van der Waals surface area (Å²) in [6.45, 7) is 5.76. The summed E-state index contributed by atoms with van der Waals surface area (Å²) in [5.74, 6) is 0.284. The lowest BCUT2D eigenvalue weighted by molar-refractivity contribution is -0.117. The minimum absolute atomic E-state index is 0.150. The summed E-state index contributed by atoms with van der Waals surface area (Å²) in [5.41, 5.74) is 10.5. The molecule has 0 radical (unpaired) electrons. The Hall–Kier alpha value is -3.34. The number of fused-ring (bicyclic) bond motifs is 2. The first-order chi connectivity index (χ1) is 13.9. The van der Waals surface area contributed by atoms with Crippen molar-refractivity contribution in [3.05, 3.63) is 44.6 Å². The molecule has 0 unspecified atom stereocenters. The van der Waals surface area contributed by atoms with Gasteiger partial charge in [-0.2, -0.15) is 9.50 Å². The highest BCUT2D eigenvalue weighted by Crippen LogP contribution is 2.21. The number of nitrogens with two attached hydrogens (primary N) is 1. The molecule has 0 aromatic carbocycles. The van der Waals surface area contributed by atoms with E-state index in [2.05, 4.69) is 25.5 Å². The van der Waals surface area contributed by atoms with Crippen LogP contribution in [-0.2, 0) is 17.6 Å². The molecular formula is C18H20N8O2S. The Kier molecular flexibility index (Phi) is 4.74. The quantitative estimate of drug-likeness (QED) is 0.505. The molecule has 0 saturated heterocycles. The van der Waals surface area contributed by atoms with Gasteiger partial charge in [-0.3, -0.25) is 15.0 Å². The number of aryl methyl sites for hydroxylation is 3. The molecule has 10 nitrogen and oxygen atoms in total. The minimum Gasteiger partial charge on any atom is -0.366 e. The second kappa shape index (κ2) is 7.24. The molecule has 150 valence electrons. The molecule has 1 amide bonds. The molecule has 4 aromatic rings. The van der Waals surface area contributed by atoms with Crippen LogP contribution in [0.2, 0.25) is 0 Å². The first-order valence-electron chi connectivity index (χ1n) is 9.15. The third kappa shape index (κ3) is 3.44. The zero-order valence-corrected chi connectivity index (χ0v) is 17.1. The number of rotatable bonds is 5. The largest absolute Gasteiger partial charge is 0.366 e. The van der Waals surface area contributed by atoms with E-state index in [0.29, 0.717) is 22.4 Å². The Balaban J connectivity index is 1.52. The number of thiophene rings is 1. The van der Waals surface area contributed by atoms with Gasteiger partial charge in [0.05, 0.1) is 5.39 Å². The van der Waals surface area contributed by atoms with Gasteiger partial charge in [0, 0.05) is 22.7 Å². The first kappa shape index (κ1) is 19.0. The van der Waals surface area contributed by atoms with E-state index >= 15 is 0 Å². The number of nitrogens with one attached hydrogen (secondary N) is 1. The first-order valence-corrected chi connectivity index (χ1v) is 9.97. The van der Waals surface area contributed by atoms with E-state index < -0.39 is 0 Å². The number of anilines is 1. The summed E-state index contributed by atoms with van der Waals surface area (Å²) in [5, 5.41) is 4.64. The molecule has 0 bridgehead atoms. The maximum absolute atomic E-state index is 12.6. The summed E-state index contributed by atoms with van der Waals surface area (Å²) < 4.78 is 2.70. The fraction of sp³-hybridized carbons (Fsp3) is 0.333. The number of carbonyl (C=O) groups excluding carboxylic acids is 1. The number of aromatic nitrogens is 6. The van der Waals surface area contributed by atoms with Gasteiger partial charge in [-0.1, -0.05) is 6.92 Å². The van der Waals surface area contributed by atoms with Crippen molar-refractivity contribution in [3.63, 3.8) is 0 Å². The predicted molar refractivity (Wildman–Crippen MR) is 111 cm³/mol. The van der Waals surface area contributed by atoms with E-state index in [1.165, 1.54) is 17.7 Å². The van der Waals surface area contributed by atoms with Crippen molar-refractivity contribution >= 4 is 39.2 Å². The normalized spacial score (nSPS) is 11.4. The van der Waals surface area contributed by atoms with E-state index in [-0.39, 0.29) is 23.8 Å². The highest BCUT2D eigenvalue weighted by Gasteiger charge is 2.15. The average molecular weight is 412 g/mol. The van der Waals surface area contributed by atoms with Crippen molar-refractivity contribution in [2.75, 3.05) is 11.2 Å². The number of nitrogen functional groups attached to an aromatic ring is 1. The second-order valence-corrected chi connectivity index (χ2v) is 7.80. The molecular weight excluding hydrogens is 392 g/mol. The second-order valence-electron chi connectivity index (χ2n) is 6.68. The third-order valence-electron chi connectivity index (χ3n) is 4.76. The monoisotopic (exact) mass is 412 g/mol. The van der Waals surface area contributed by atoms with Gasteiger partial charge in [-0.05, 0) is 38.3 Å². The Labute approximate surface area is 169 Å². The van der Waals surface area contributed by atoms with E-state index in [1.54, 1.807) is 4.52 Å². The molecule has 0 aliphatic rings. The topological polar surface area (TPSA) is 133 Å². The van der Waals surface area contributed by atoms with Crippen molar-refractivity contribution in [1.82, 2.24) is 29.2 Å². The van der Waals surface area contributed by atoms with Crippen LogP contribution in [0.1, 0.15) is 35.2 Å². The van der Waals surface area contributed by atoms with Gasteiger partial charge in [0.1, 0.15) is 11.2 Å². The van der Waals surface area contributed by atoms with E-state index in [4.69, 9.17) is 5.73 Å². The zero-order valence-electron chi connectivity index (χ0n) is 16.3. The highest BCUT2D eigenvalue weighted by atomic mass is 32.1. The van der Waals surface area contributed by atoms with Crippen LogP contribution in [0.15, 0.2) is 17.2 Å². The Morgan fingerprint density at radius 3 is 2.86 bits per heavy atom. The standard InChI is InChI=1S/C18H20N8O2S/c1-4-11-7-13-15(29-11)20-8-25(16(13)28)23-14(27)6-5-12-9(2)21-18-22-17(19)24-26(18)10(12)3/h7-8H,4-6H2,1-3H3,(H2,19,24)(H,23,27). The lowest BCUT2D eigenvalue weighted by Crippen LogP contribution is -2.33. The van der Waals surface area contributed by atoms with E-state index in [0.717, 1.165) is 32.9 Å². The summed E-state index contributed by atoms with van der Waals surface area (Å²) in [7, 11) is 0. The summed E-state index contributed by atoms with van der Waals surface area (Å²) in [6, 6.07) is 1.83. The highest BCUT2D eigenvalue weighted by molar-refractivity contribution is 7.18.